The Balaban J connectivity index is 1.39. The number of carbonyl (C=O) groups is 3. The molecule has 0 aromatic heterocycles. The highest BCUT2D eigenvalue weighted by atomic mass is 16.5. The second-order valence-electron chi connectivity index (χ2n) is 8.77. The molecule has 0 unspecified atom stereocenters. The zero-order valence-corrected chi connectivity index (χ0v) is 16.6. The number of carbonyl (C=O) groups excluding carboxylic acids is 3. The molecule has 28 heavy (non-hydrogen) atoms. The number of nitrogens with one attached hydrogen (secondary N) is 3. The first-order valence-electron chi connectivity index (χ1n) is 10.4. The van der Waals surface area contributed by atoms with Crippen molar-refractivity contribution in [1.82, 2.24) is 25.8 Å². The summed E-state index contributed by atoms with van der Waals surface area (Å²) < 4.78 is 5.35. The highest BCUT2D eigenvalue weighted by molar-refractivity contribution is 5.86. The zero-order chi connectivity index (χ0) is 19.8. The highest BCUT2D eigenvalue weighted by Gasteiger charge is 2.48. The van der Waals surface area contributed by atoms with Crippen LogP contribution in [0.3, 0.4) is 0 Å². The monoisotopic (exact) mass is 393 g/mol. The fourth-order valence-electron chi connectivity index (χ4n) is 4.37. The van der Waals surface area contributed by atoms with Gasteiger partial charge in [0.25, 0.3) is 0 Å². The van der Waals surface area contributed by atoms with Crippen LogP contribution in [-0.2, 0) is 14.3 Å². The fraction of sp³-hybridized carbons (Fsp3) is 0.842. The van der Waals surface area contributed by atoms with Gasteiger partial charge in [0.2, 0.25) is 11.8 Å². The molecule has 9 nitrogen and oxygen atoms in total. The number of ether oxygens (including phenoxy) is 1. The van der Waals surface area contributed by atoms with Crippen molar-refractivity contribution >= 4 is 17.8 Å². The largest absolute Gasteiger partial charge is 0.378 e. The van der Waals surface area contributed by atoms with E-state index in [1.807, 2.05) is 18.7 Å². The summed E-state index contributed by atoms with van der Waals surface area (Å²) in [5, 5.41) is 8.80. The molecule has 3 N–H and O–H groups in total. The van der Waals surface area contributed by atoms with Crippen LogP contribution < -0.4 is 16.0 Å². The van der Waals surface area contributed by atoms with E-state index in [-0.39, 0.29) is 54.0 Å². The first kappa shape index (κ1) is 19.4. The number of nitrogens with zero attached hydrogens (tertiary/aromatic N) is 2. The summed E-state index contributed by atoms with van der Waals surface area (Å²) >= 11 is 0. The molecule has 4 fully saturated rings. The number of piperazine rings is 1. The lowest BCUT2D eigenvalue weighted by Crippen LogP contribution is -2.67. The maximum absolute atomic E-state index is 13.2. The van der Waals surface area contributed by atoms with Gasteiger partial charge < -0.3 is 25.6 Å². The van der Waals surface area contributed by atoms with Crippen LogP contribution in [0.5, 0.6) is 0 Å². The van der Waals surface area contributed by atoms with Crippen LogP contribution >= 0.6 is 0 Å². The minimum absolute atomic E-state index is 0.0489. The average Bonchev–Trinajstić information content (AvgIpc) is 3.34. The van der Waals surface area contributed by atoms with Gasteiger partial charge in [-0.3, -0.25) is 14.5 Å². The van der Waals surface area contributed by atoms with Crippen molar-refractivity contribution in [2.75, 3.05) is 32.8 Å². The van der Waals surface area contributed by atoms with E-state index in [2.05, 4.69) is 20.9 Å². The first-order valence-corrected chi connectivity index (χ1v) is 10.4. The van der Waals surface area contributed by atoms with Gasteiger partial charge in [0.15, 0.2) is 0 Å². The second kappa shape index (κ2) is 7.87. The van der Waals surface area contributed by atoms with Crippen molar-refractivity contribution in [3.8, 4) is 0 Å². The molecule has 9 heteroatoms. The number of hydrogen-bond donors (Lipinski definition) is 3. The predicted octanol–water partition coefficient (Wildman–Crippen LogP) is -0.727. The molecule has 156 valence electrons. The smallest absolute Gasteiger partial charge is 0.315 e. The van der Waals surface area contributed by atoms with E-state index < -0.39 is 0 Å². The molecule has 0 aromatic carbocycles. The van der Waals surface area contributed by atoms with Crippen LogP contribution in [0.25, 0.3) is 0 Å². The van der Waals surface area contributed by atoms with Gasteiger partial charge in [-0.05, 0) is 33.1 Å². The number of fused-ring (bicyclic) bond motifs is 1. The Morgan fingerprint density at radius 2 is 1.93 bits per heavy atom. The van der Waals surface area contributed by atoms with E-state index in [4.69, 9.17) is 4.74 Å². The van der Waals surface area contributed by atoms with Crippen molar-refractivity contribution < 1.29 is 19.1 Å². The molecule has 3 aliphatic heterocycles. The minimum Gasteiger partial charge on any atom is -0.378 e. The molecule has 4 amide bonds. The molecule has 0 bridgehead atoms. The molecular weight excluding hydrogens is 362 g/mol. The summed E-state index contributed by atoms with van der Waals surface area (Å²) in [5.41, 5.74) is 0. The Hall–Kier alpha value is -1.87. The Morgan fingerprint density at radius 3 is 2.54 bits per heavy atom. The van der Waals surface area contributed by atoms with Crippen LogP contribution in [0.4, 0.5) is 4.79 Å². The zero-order valence-electron chi connectivity index (χ0n) is 16.6. The van der Waals surface area contributed by atoms with Gasteiger partial charge in [-0.1, -0.05) is 0 Å². The quantitative estimate of drug-likeness (QED) is 0.552. The summed E-state index contributed by atoms with van der Waals surface area (Å²) in [4.78, 5) is 41.4. The van der Waals surface area contributed by atoms with Gasteiger partial charge in [0.05, 0.1) is 25.3 Å². The highest BCUT2D eigenvalue weighted by Crippen LogP contribution is 2.30. The van der Waals surface area contributed by atoms with E-state index in [1.54, 1.807) is 0 Å². The average molecular weight is 393 g/mol. The molecule has 0 radical (unpaired) electrons. The van der Waals surface area contributed by atoms with Crippen molar-refractivity contribution in [1.29, 1.82) is 0 Å². The van der Waals surface area contributed by atoms with E-state index in [0.29, 0.717) is 26.3 Å². The van der Waals surface area contributed by atoms with Crippen LogP contribution in [0.1, 0.15) is 33.1 Å². The lowest BCUT2D eigenvalue weighted by atomic mass is 10.0. The van der Waals surface area contributed by atoms with E-state index in [1.165, 1.54) is 0 Å². The van der Waals surface area contributed by atoms with Crippen molar-refractivity contribution in [2.45, 2.75) is 63.3 Å². The third-order valence-electron chi connectivity index (χ3n) is 6.07. The third kappa shape index (κ3) is 4.10. The lowest BCUT2D eigenvalue weighted by molar-refractivity contribution is -0.155. The van der Waals surface area contributed by atoms with Gasteiger partial charge in [-0.15, -0.1) is 0 Å². The number of hydrogen-bond acceptors (Lipinski definition) is 5. The van der Waals surface area contributed by atoms with Gasteiger partial charge in [-0.25, -0.2) is 4.79 Å². The van der Waals surface area contributed by atoms with Crippen LogP contribution in [-0.4, -0.2) is 90.7 Å². The maximum atomic E-state index is 13.2. The summed E-state index contributed by atoms with van der Waals surface area (Å²) in [6.45, 7) is 6.72. The van der Waals surface area contributed by atoms with Crippen molar-refractivity contribution in [2.24, 2.45) is 5.92 Å². The molecular formula is C19H31N5O4. The van der Waals surface area contributed by atoms with Gasteiger partial charge in [0, 0.05) is 37.6 Å². The predicted molar refractivity (Wildman–Crippen MR) is 102 cm³/mol. The minimum atomic E-state index is -0.351. The number of amides is 4. The van der Waals surface area contributed by atoms with E-state index >= 15 is 0 Å². The normalized spacial score (nSPS) is 30.8. The first-order chi connectivity index (χ1) is 13.4. The molecule has 1 saturated carbocycles. The van der Waals surface area contributed by atoms with Gasteiger partial charge in [0.1, 0.15) is 6.04 Å². The standard InChI is InChI=1S/C19H31N5O4/c1-11(2)21-19(27)22-13-5-14-8-23(15-9-28-10-15)16(18(26)24(14)7-13)6-20-17(25)12-3-4-12/h11-16H,3-10H2,1-2H3,(H,20,25)(H2,21,22,27)/t13-,14-,16-/m0/s1. The third-order valence-corrected chi connectivity index (χ3v) is 6.07. The molecule has 0 spiro atoms. The molecule has 4 aliphatic rings. The number of rotatable bonds is 6. The molecule has 3 atom stereocenters. The molecule has 4 rings (SSSR count). The summed E-state index contributed by atoms with van der Waals surface area (Å²) in [6.07, 6.45) is 2.65. The van der Waals surface area contributed by atoms with E-state index in [0.717, 1.165) is 25.8 Å². The molecule has 1 aliphatic carbocycles. The van der Waals surface area contributed by atoms with Gasteiger partial charge >= 0.3 is 6.03 Å². The number of urea groups is 1. The SMILES string of the molecule is CC(C)NC(=O)N[C@H]1C[C@H]2CN(C3COC3)[C@@H](CNC(=O)C3CC3)C(=O)N2C1. The Kier molecular flexibility index (Phi) is 5.46. The Morgan fingerprint density at radius 1 is 1.18 bits per heavy atom. The summed E-state index contributed by atoms with van der Waals surface area (Å²) in [5.74, 6) is 0.241. The lowest BCUT2D eigenvalue weighted by Gasteiger charge is -2.48. The second-order valence-corrected chi connectivity index (χ2v) is 8.77. The van der Waals surface area contributed by atoms with Crippen LogP contribution in [0, 0.1) is 5.92 Å². The van der Waals surface area contributed by atoms with Crippen LogP contribution in [0.15, 0.2) is 0 Å². The fourth-order valence-corrected chi connectivity index (χ4v) is 4.37. The maximum Gasteiger partial charge on any atom is 0.315 e. The molecule has 3 heterocycles. The van der Waals surface area contributed by atoms with E-state index in [9.17, 15) is 14.4 Å². The molecule has 0 aromatic rings. The van der Waals surface area contributed by atoms with Gasteiger partial charge in [-0.2, -0.15) is 0 Å². The van der Waals surface area contributed by atoms with Crippen molar-refractivity contribution in [3.05, 3.63) is 0 Å². The topological polar surface area (TPSA) is 103 Å². The Labute approximate surface area is 165 Å². The molecule has 3 saturated heterocycles. The summed E-state index contributed by atoms with van der Waals surface area (Å²) in [7, 11) is 0. The van der Waals surface area contributed by atoms with Crippen molar-refractivity contribution in [3.63, 3.8) is 0 Å². The van der Waals surface area contributed by atoms with Crippen LogP contribution in [0.2, 0.25) is 0 Å². The Bertz CT molecular complexity index is 634. The summed E-state index contributed by atoms with van der Waals surface area (Å²) in [6, 6.07) is -0.204.